The van der Waals surface area contributed by atoms with E-state index in [1.165, 1.54) is 5.56 Å². The molecule has 2 rings (SSSR count). The van der Waals surface area contributed by atoms with Crippen LogP contribution in [0.4, 0.5) is 4.39 Å². The molecule has 1 unspecified atom stereocenters. The standard InChI is InChI=1S/C16H24FN/c1-10-9-11(7-8-12(10)17)13(18-6)14-15(2,3)16(14,4)5/h7-9,13-14,18H,1-6H3. The van der Waals surface area contributed by atoms with Gasteiger partial charge in [-0.15, -0.1) is 0 Å². The lowest BCUT2D eigenvalue weighted by molar-refractivity contribution is 0.437. The largest absolute Gasteiger partial charge is 0.313 e. The van der Waals surface area contributed by atoms with Crippen LogP contribution in [0.5, 0.6) is 0 Å². The predicted molar refractivity (Wildman–Crippen MR) is 74.0 cm³/mol. The minimum Gasteiger partial charge on any atom is -0.313 e. The number of nitrogens with one attached hydrogen (secondary N) is 1. The number of aryl methyl sites for hydroxylation is 1. The van der Waals surface area contributed by atoms with E-state index >= 15 is 0 Å². The highest BCUT2D eigenvalue weighted by Gasteiger charge is 2.67. The molecule has 0 amide bonds. The molecule has 2 heteroatoms. The van der Waals surface area contributed by atoms with Gasteiger partial charge in [0.05, 0.1) is 0 Å². The highest BCUT2D eigenvalue weighted by atomic mass is 19.1. The molecular weight excluding hydrogens is 225 g/mol. The van der Waals surface area contributed by atoms with Crippen LogP contribution >= 0.6 is 0 Å². The molecule has 0 heterocycles. The Morgan fingerprint density at radius 1 is 1.17 bits per heavy atom. The molecule has 0 bridgehead atoms. The number of hydrogen-bond donors (Lipinski definition) is 1. The summed E-state index contributed by atoms with van der Waals surface area (Å²) in [5.41, 5.74) is 2.57. The molecule has 1 nitrogen and oxygen atoms in total. The fourth-order valence-electron chi connectivity index (χ4n) is 3.47. The SMILES string of the molecule is CNC(c1ccc(F)c(C)c1)C1C(C)(C)C1(C)C. The van der Waals surface area contributed by atoms with Crippen molar-refractivity contribution >= 4 is 0 Å². The summed E-state index contributed by atoms with van der Waals surface area (Å²) in [6, 6.07) is 5.76. The quantitative estimate of drug-likeness (QED) is 0.851. The highest BCUT2D eigenvalue weighted by molar-refractivity contribution is 5.31. The van der Waals surface area contributed by atoms with Crippen molar-refractivity contribution in [2.75, 3.05) is 7.05 Å². The van der Waals surface area contributed by atoms with Crippen molar-refractivity contribution in [2.45, 2.75) is 40.7 Å². The third-order valence-electron chi connectivity index (χ3n) is 5.32. The first-order valence-electron chi connectivity index (χ1n) is 6.67. The van der Waals surface area contributed by atoms with E-state index < -0.39 is 0 Å². The summed E-state index contributed by atoms with van der Waals surface area (Å²) >= 11 is 0. The Morgan fingerprint density at radius 3 is 2.11 bits per heavy atom. The fraction of sp³-hybridized carbons (Fsp3) is 0.625. The van der Waals surface area contributed by atoms with Crippen LogP contribution in [-0.4, -0.2) is 7.05 Å². The lowest BCUT2D eigenvalue weighted by Crippen LogP contribution is -2.21. The molecule has 1 N–H and O–H groups in total. The first-order chi connectivity index (χ1) is 8.23. The van der Waals surface area contributed by atoms with E-state index in [1.54, 1.807) is 6.07 Å². The van der Waals surface area contributed by atoms with Crippen LogP contribution in [0, 0.1) is 29.5 Å². The predicted octanol–water partition coefficient (Wildman–Crippen LogP) is 4.08. The maximum Gasteiger partial charge on any atom is 0.126 e. The Kier molecular flexibility index (Phi) is 3.05. The van der Waals surface area contributed by atoms with Crippen molar-refractivity contribution in [1.82, 2.24) is 5.32 Å². The topological polar surface area (TPSA) is 12.0 Å². The molecule has 1 saturated carbocycles. The van der Waals surface area contributed by atoms with Gasteiger partial charge in [0, 0.05) is 6.04 Å². The van der Waals surface area contributed by atoms with Crippen LogP contribution in [0.2, 0.25) is 0 Å². The van der Waals surface area contributed by atoms with Crippen LogP contribution in [-0.2, 0) is 0 Å². The maximum absolute atomic E-state index is 13.4. The van der Waals surface area contributed by atoms with E-state index in [0.29, 0.717) is 22.8 Å². The Bertz CT molecular complexity index is 448. The van der Waals surface area contributed by atoms with Gasteiger partial charge in [-0.25, -0.2) is 4.39 Å². The molecule has 0 saturated heterocycles. The van der Waals surface area contributed by atoms with Crippen LogP contribution in [0.25, 0.3) is 0 Å². The number of rotatable bonds is 3. The van der Waals surface area contributed by atoms with Gasteiger partial charge >= 0.3 is 0 Å². The van der Waals surface area contributed by atoms with Gasteiger partial charge in [0.15, 0.2) is 0 Å². The van der Waals surface area contributed by atoms with E-state index in [4.69, 9.17) is 0 Å². The zero-order valence-corrected chi connectivity index (χ0v) is 12.3. The van der Waals surface area contributed by atoms with Gasteiger partial charge in [-0.1, -0.05) is 39.8 Å². The summed E-state index contributed by atoms with van der Waals surface area (Å²) in [6.45, 7) is 11.1. The zero-order chi connectivity index (χ0) is 13.7. The van der Waals surface area contributed by atoms with Gasteiger partial charge in [0.25, 0.3) is 0 Å². The molecule has 18 heavy (non-hydrogen) atoms. The van der Waals surface area contributed by atoms with Gasteiger partial charge in [-0.2, -0.15) is 0 Å². The van der Waals surface area contributed by atoms with E-state index in [9.17, 15) is 4.39 Å². The molecule has 1 aromatic carbocycles. The van der Waals surface area contributed by atoms with Crippen molar-refractivity contribution in [3.05, 3.63) is 35.1 Å². The maximum atomic E-state index is 13.4. The average Bonchev–Trinajstić information content (AvgIpc) is 2.67. The van der Waals surface area contributed by atoms with Crippen LogP contribution in [0.15, 0.2) is 18.2 Å². The molecule has 1 aliphatic rings. The van der Waals surface area contributed by atoms with Gasteiger partial charge in [0.2, 0.25) is 0 Å². The van der Waals surface area contributed by atoms with E-state index in [2.05, 4.69) is 33.0 Å². The monoisotopic (exact) mass is 249 g/mol. The van der Waals surface area contributed by atoms with Crippen LogP contribution in [0.3, 0.4) is 0 Å². The lowest BCUT2D eigenvalue weighted by Gasteiger charge is -2.20. The first kappa shape index (κ1) is 13.5. The fourth-order valence-corrected chi connectivity index (χ4v) is 3.47. The molecule has 100 valence electrons. The molecule has 1 fully saturated rings. The lowest BCUT2D eigenvalue weighted by atomic mass is 9.95. The number of benzene rings is 1. The molecule has 1 aliphatic carbocycles. The molecular formula is C16H24FN. The van der Waals surface area contributed by atoms with E-state index in [0.717, 1.165) is 5.56 Å². The summed E-state index contributed by atoms with van der Waals surface area (Å²) in [4.78, 5) is 0. The summed E-state index contributed by atoms with van der Waals surface area (Å²) < 4.78 is 13.4. The number of hydrogen-bond acceptors (Lipinski definition) is 1. The van der Waals surface area contributed by atoms with E-state index in [-0.39, 0.29) is 5.82 Å². The normalized spacial score (nSPS) is 22.8. The summed E-state index contributed by atoms with van der Waals surface area (Å²) in [5.74, 6) is 0.461. The van der Waals surface area contributed by atoms with Crippen LogP contribution < -0.4 is 5.32 Å². The second-order valence-electron chi connectivity index (χ2n) is 6.70. The van der Waals surface area contributed by atoms with Crippen LogP contribution in [0.1, 0.15) is 44.9 Å². The third kappa shape index (κ3) is 1.78. The Morgan fingerprint density at radius 2 is 1.72 bits per heavy atom. The molecule has 0 aromatic heterocycles. The Labute approximate surface area is 110 Å². The van der Waals surface area contributed by atoms with Crippen molar-refractivity contribution in [3.63, 3.8) is 0 Å². The second-order valence-corrected chi connectivity index (χ2v) is 6.70. The minimum atomic E-state index is -0.122. The zero-order valence-electron chi connectivity index (χ0n) is 12.3. The highest BCUT2D eigenvalue weighted by Crippen LogP contribution is 2.72. The summed E-state index contributed by atoms with van der Waals surface area (Å²) in [6.07, 6.45) is 0. The molecule has 0 spiro atoms. The Balaban J connectivity index is 2.33. The van der Waals surface area contributed by atoms with Gasteiger partial charge in [0.1, 0.15) is 5.82 Å². The van der Waals surface area contributed by atoms with Gasteiger partial charge in [-0.05, 0) is 47.9 Å². The smallest absolute Gasteiger partial charge is 0.126 e. The van der Waals surface area contributed by atoms with Crippen molar-refractivity contribution in [2.24, 2.45) is 16.7 Å². The van der Waals surface area contributed by atoms with Crippen molar-refractivity contribution < 1.29 is 4.39 Å². The van der Waals surface area contributed by atoms with Crippen molar-refractivity contribution in [3.8, 4) is 0 Å². The Hall–Kier alpha value is -0.890. The van der Waals surface area contributed by atoms with Gasteiger partial charge in [-0.3, -0.25) is 0 Å². The average molecular weight is 249 g/mol. The van der Waals surface area contributed by atoms with E-state index in [1.807, 2.05) is 26.1 Å². The first-order valence-corrected chi connectivity index (χ1v) is 6.67. The summed E-state index contributed by atoms with van der Waals surface area (Å²) in [7, 11) is 1.99. The third-order valence-corrected chi connectivity index (χ3v) is 5.32. The minimum absolute atomic E-state index is 0.122. The molecule has 0 aliphatic heterocycles. The molecule has 0 radical (unpaired) electrons. The number of halogens is 1. The molecule has 1 aromatic rings. The molecule has 1 atom stereocenters. The second kappa shape index (κ2) is 4.06. The summed E-state index contributed by atoms with van der Waals surface area (Å²) in [5, 5.41) is 3.42. The van der Waals surface area contributed by atoms with Gasteiger partial charge < -0.3 is 5.32 Å². The van der Waals surface area contributed by atoms with Crippen molar-refractivity contribution in [1.29, 1.82) is 0 Å².